The number of azide groups is 1. The van der Waals surface area contributed by atoms with Crippen molar-refractivity contribution in [2.24, 2.45) is 5.11 Å². The summed E-state index contributed by atoms with van der Waals surface area (Å²) in [7, 11) is 1.52. The molecule has 27 heavy (non-hydrogen) atoms. The molecule has 2 N–H and O–H groups in total. The number of rotatable bonds is 5. The van der Waals surface area contributed by atoms with Gasteiger partial charge in [0.2, 0.25) is 5.91 Å². The molecule has 0 aromatic heterocycles. The summed E-state index contributed by atoms with van der Waals surface area (Å²) in [6.45, 7) is -0.265. The molecule has 0 aliphatic rings. The van der Waals surface area contributed by atoms with Gasteiger partial charge in [-0.25, -0.2) is 0 Å². The monoisotopic (exact) mass is 363 g/mol. The van der Waals surface area contributed by atoms with Crippen LogP contribution in [0.2, 0.25) is 0 Å². The molecule has 0 spiro atoms. The van der Waals surface area contributed by atoms with E-state index < -0.39 is 5.91 Å². The second kappa shape index (κ2) is 7.88. The van der Waals surface area contributed by atoms with Crippen LogP contribution in [0.25, 0.3) is 38.1 Å². The fourth-order valence-corrected chi connectivity index (χ4v) is 3.08. The third kappa shape index (κ3) is 3.61. The van der Waals surface area contributed by atoms with Gasteiger partial charge in [0.25, 0.3) is 0 Å². The van der Waals surface area contributed by atoms with E-state index >= 15 is 0 Å². The van der Waals surface area contributed by atoms with Gasteiger partial charge in [-0.3, -0.25) is 4.79 Å². The van der Waals surface area contributed by atoms with Crippen molar-refractivity contribution >= 4 is 33.5 Å². The first kappa shape index (κ1) is 18.4. The summed E-state index contributed by atoms with van der Waals surface area (Å²) >= 11 is 0. The molecule has 1 amide bonds. The zero-order chi connectivity index (χ0) is 19.4. The number of hydrogen-bond donors (Lipinski definition) is 2. The van der Waals surface area contributed by atoms with E-state index in [9.17, 15) is 15.0 Å². The highest BCUT2D eigenvalue weighted by atomic mass is 16.5. The van der Waals surface area contributed by atoms with Crippen molar-refractivity contribution in [2.75, 3.05) is 7.11 Å². The van der Waals surface area contributed by atoms with Crippen LogP contribution >= 0.6 is 0 Å². The van der Waals surface area contributed by atoms with Gasteiger partial charge in [0.05, 0.1) is 20.3 Å². The van der Waals surface area contributed by atoms with Gasteiger partial charge in [0, 0.05) is 10.5 Å². The fourth-order valence-electron chi connectivity index (χ4n) is 3.08. The smallest absolute Gasteiger partial charge is 0.242 e. The second-order valence-corrected chi connectivity index (χ2v) is 5.91. The number of aliphatic hydroxyl groups excluding tert-OH is 2. The van der Waals surface area contributed by atoms with Crippen LogP contribution in [-0.4, -0.2) is 23.2 Å². The zero-order valence-corrected chi connectivity index (χ0v) is 14.6. The molecule has 7 heteroatoms. The van der Waals surface area contributed by atoms with E-state index in [1.165, 1.54) is 13.2 Å². The molecule has 0 aliphatic heterocycles. The van der Waals surface area contributed by atoms with Gasteiger partial charge < -0.3 is 14.9 Å². The van der Waals surface area contributed by atoms with Crippen molar-refractivity contribution in [3.05, 3.63) is 69.6 Å². The molecule has 0 bridgehead atoms. The van der Waals surface area contributed by atoms with Gasteiger partial charge in [-0.05, 0) is 73.7 Å². The summed E-state index contributed by atoms with van der Waals surface area (Å²) in [5.74, 6) is -0.168. The molecular weight excluding hydrogens is 346 g/mol. The normalized spacial score (nSPS) is 11.1. The number of carbonyl (C=O) groups excluding carboxylic acids is 1. The van der Waals surface area contributed by atoms with Crippen molar-refractivity contribution in [3.63, 3.8) is 0 Å². The van der Waals surface area contributed by atoms with Gasteiger partial charge in [-0.2, -0.15) is 0 Å². The summed E-state index contributed by atoms with van der Waals surface area (Å²) < 4.78 is 5.36. The Morgan fingerprint density at radius 3 is 2.63 bits per heavy atom. The van der Waals surface area contributed by atoms with Gasteiger partial charge in [0.15, 0.2) is 0 Å². The number of methoxy groups -OCH3 is 1. The molecule has 0 unspecified atom stereocenters. The Kier molecular flexibility index (Phi) is 5.38. The molecule has 7 nitrogen and oxygen atoms in total. The number of amides is 1. The van der Waals surface area contributed by atoms with Crippen molar-refractivity contribution in [1.29, 1.82) is 0 Å². The summed E-state index contributed by atoms with van der Waals surface area (Å²) in [5.41, 5.74) is 10.5. The maximum absolute atomic E-state index is 11.5. The van der Waals surface area contributed by atoms with E-state index in [0.717, 1.165) is 32.7 Å². The summed E-state index contributed by atoms with van der Waals surface area (Å²) in [5, 5.41) is 25.6. The molecule has 0 saturated carbocycles. The number of carbonyl (C=O) groups is 1. The molecule has 0 saturated heterocycles. The van der Waals surface area contributed by atoms with E-state index in [1.807, 2.05) is 30.3 Å². The summed E-state index contributed by atoms with van der Waals surface area (Å²) in [6.07, 6.45) is 2.78. The number of nitrogens with zero attached hydrogens (tertiary/aromatic N) is 3. The molecule has 0 aliphatic carbocycles. The van der Waals surface area contributed by atoms with Crippen LogP contribution in [0.15, 0.2) is 47.6 Å². The van der Waals surface area contributed by atoms with Gasteiger partial charge >= 0.3 is 0 Å². The SMILES string of the molecule is COc1cc2c(/C=C/C(=O)N=[N+]=[N-])cc3ccc(CO)cc3c2cc1CO. The third-order valence-corrected chi connectivity index (χ3v) is 4.35. The Morgan fingerprint density at radius 1 is 1.15 bits per heavy atom. The second-order valence-electron chi connectivity index (χ2n) is 5.91. The lowest BCUT2D eigenvalue weighted by atomic mass is 9.94. The van der Waals surface area contributed by atoms with Crippen molar-refractivity contribution in [3.8, 4) is 5.75 Å². The maximum Gasteiger partial charge on any atom is 0.242 e. The average Bonchev–Trinajstić information content (AvgIpc) is 2.70. The van der Waals surface area contributed by atoms with Crippen LogP contribution in [0.4, 0.5) is 0 Å². The molecular formula is C20H17N3O4. The molecule has 3 rings (SSSR count). The topological polar surface area (TPSA) is 116 Å². The molecule has 0 heterocycles. The minimum absolute atomic E-state index is 0.0806. The lowest BCUT2D eigenvalue weighted by molar-refractivity contribution is -0.113. The average molecular weight is 363 g/mol. The maximum atomic E-state index is 11.5. The quantitative estimate of drug-likeness (QED) is 0.235. The Bertz CT molecular complexity index is 1120. The van der Waals surface area contributed by atoms with E-state index in [1.54, 1.807) is 12.1 Å². The van der Waals surface area contributed by atoms with Crippen molar-refractivity contribution in [2.45, 2.75) is 13.2 Å². The van der Waals surface area contributed by atoms with Crippen molar-refractivity contribution < 1.29 is 19.7 Å². The van der Waals surface area contributed by atoms with Crippen LogP contribution in [0, 0.1) is 0 Å². The van der Waals surface area contributed by atoms with Gasteiger partial charge in [-0.1, -0.05) is 18.2 Å². The highest BCUT2D eigenvalue weighted by Gasteiger charge is 2.11. The molecule has 3 aromatic rings. The third-order valence-electron chi connectivity index (χ3n) is 4.35. The lowest BCUT2D eigenvalue weighted by Crippen LogP contribution is -1.94. The molecule has 0 fully saturated rings. The van der Waals surface area contributed by atoms with E-state index in [-0.39, 0.29) is 13.2 Å². The van der Waals surface area contributed by atoms with Crippen molar-refractivity contribution in [1.82, 2.24) is 0 Å². The van der Waals surface area contributed by atoms with Crippen LogP contribution in [-0.2, 0) is 18.0 Å². The van der Waals surface area contributed by atoms with Crippen LogP contribution in [0.5, 0.6) is 5.75 Å². The molecule has 3 aromatic carbocycles. The number of hydrogen-bond acceptors (Lipinski definition) is 4. The van der Waals surface area contributed by atoms with Gasteiger partial charge in [-0.15, -0.1) is 0 Å². The summed E-state index contributed by atoms with van der Waals surface area (Å²) in [4.78, 5) is 14.0. The minimum atomic E-state index is -0.694. The van der Waals surface area contributed by atoms with Crippen LogP contribution in [0.1, 0.15) is 16.7 Å². The van der Waals surface area contributed by atoms with Crippen LogP contribution < -0.4 is 4.74 Å². The zero-order valence-electron chi connectivity index (χ0n) is 14.6. The first-order chi connectivity index (χ1) is 13.1. The Labute approximate surface area is 154 Å². The molecule has 0 radical (unpaired) electrons. The first-order valence-electron chi connectivity index (χ1n) is 8.16. The first-order valence-corrected chi connectivity index (χ1v) is 8.16. The number of fused-ring (bicyclic) bond motifs is 3. The summed E-state index contributed by atoms with van der Waals surface area (Å²) in [6, 6.07) is 11.1. The fraction of sp³-hybridized carbons (Fsp3) is 0.150. The highest BCUT2D eigenvalue weighted by molar-refractivity contribution is 6.12. The largest absolute Gasteiger partial charge is 0.496 e. The Morgan fingerprint density at radius 2 is 1.96 bits per heavy atom. The number of benzene rings is 3. The lowest BCUT2D eigenvalue weighted by Gasteiger charge is -2.13. The number of aliphatic hydroxyl groups is 2. The van der Waals surface area contributed by atoms with E-state index in [4.69, 9.17) is 10.3 Å². The van der Waals surface area contributed by atoms with E-state index in [2.05, 4.69) is 10.0 Å². The standard InChI is InChI=1S/C20H17N3O4/c1-27-19-9-17-14(4-5-20(26)22-23-21)7-13-3-2-12(10-24)6-16(13)18(17)8-15(19)11-25/h2-9,24-25H,10-11H2,1H3/b5-4+. The van der Waals surface area contributed by atoms with E-state index in [0.29, 0.717) is 11.3 Å². The predicted molar refractivity (Wildman–Crippen MR) is 103 cm³/mol. The van der Waals surface area contributed by atoms with Gasteiger partial charge in [0.1, 0.15) is 5.75 Å². The highest BCUT2D eigenvalue weighted by Crippen LogP contribution is 2.35. The predicted octanol–water partition coefficient (Wildman–Crippen LogP) is 3.84. The Hall–Kier alpha value is -3.38. The minimum Gasteiger partial charge on any atom is -0.496 e. The molecule has 0 atom stereocenters. The molecule has 136 valence electrons. The number of ether oxygens (including phenoxy) is 1. The Balaban J connectivity index is 2.36. The van der Waals surface area contributed by atoms with Crippen LogP contribution in [0.3, 0.4) is 0 Å².